The lowest BCUT2D eigenvalue weighted by molar-refractivity contribution is -0.147. The Labute approximate surface area is 123 Å². The second-order valence-corrected chi connectivity index (χ2v) is 5.46. The molecule has 2 rings (SSSR count). The van der Waals surface area contributed by atoms with Gasteiger partial charge in [0.05, 0.1) is 17.3 Å². The van der Waals surface area contributed by atoms with Gasteiger partial charge in [0.1, 0.15) is 5.82 Å². The number of hydrogen-bond acceptors (Lipinski definition) is 2. The summed E-state index contributed by atoms with van der Waals surface area (Å²) in [5.74, 6) is -1.58. The van der Waals surface area contributed by atoms with Crippen LogP contribution in [0.15, 0.2) is 12.1 Å². The van der Waals surface area contributed by atoms with Crippen molar-refractivity contribution in [3.63, 3.8) is 0 Å². The molecule has 0 unspecified atom stereocenters. The molecule has 1 aromatic carbocycles. The summed E-state index contributed by atoms with van der Waals surface area (Å²) in [5, 5.41) is 2.77. The van der Waals surface area contributed by atoms with E-state index in [1.807, 2.05) is 0 Å². The van der Waals surface area contributed by atoms with Crippen molar-refractivity contribution in [2.24, 2.45) is 0 Å². The first-order valence-corrected chi connectivity index (χ1v) is 6.82. The standard InChI is InChI=1S/C13H14ClF5N2/c14-10-5-8(15)6-11(16)12(10)20-9-1-3-21(4-2-9)7-13(17,18)19/h5-6,9,20H,1-4,7H2. The van der Waals surface area contributed by atoms with E-state index in [1.165, 1.54) is 4.90 Å². The van der Waals surface area contributed by atoms with Crippen molar-refractivity contribution in [1.29, 1.82) is 0 Å². The van der Waals surface area contributed by atoms with E-state index in [1.54, 1.807) is 0 Å². The van der Waals surface area contributed by atoms with Crippen LogP contribution < -0.4 is 5.32 Å². The average Bonchev–Trinajstić information content (AvgIpc) is 2.34. The molecule has 118 valence electrons. The third kappa shape index (κ3) is 4.71. The van der Waals surface area contributed by atoms with E-state index in [9.17, 15) is 22.0 Å². The van der Waals surface area contributed by atoms with Crippen LogP contribution in [0.3, 0.4) is 0 Å². The lowest BCUT2D eigenvalue weighted by Crippen LogP contribution is -2.43. The maximum atomic E-state index is 13.6. The Kier molecular flexibility index (Phi) is 4.93. The Morgan fingerprint density at radius 1 is 1.19 bits per heavy atom. The number of likely N-dealkylation sites (tertiary alicyclic amines) is 1. The van der Waals surface area contributed by atoms with E-state index in [0.29, 0.717) is 18.9 Å². The molecule has 1 aromatic rings. The lowest BCUT2D eigenvalue weighted by Gasteiger charge is -2.33. The molecule has 0 bridgehead atoms. The minimum atomic E-state index is -4.22. The highest BCUT2D eigenvalue weighted by Gasteiger charge is 2.32. The van der Waals surface area contributed by atoms with E-state index in [4.69, 9.17) is 11.6 Å². The van der Waals surface area contributed by atoms with Crippen molar-refractivity contribution < 1.29 is 22.0 Å². The van der Waals surface area contributed by atoms with Crippen molar-refractivity contribution in [1.82, 2.24) is 4.90 Å². The lowest BCUT2D eigenvalue weighted by atomic mass is 10.0. The number of rotatable bonds is 3. The van der Waals surface area contributed by atoms with Gasteiger partial charge in [0.25, 0.3) is 0 Å². The van der Waals surface area contributed by atoms with Crippen molar-refractivity contribution in [2.45, 2.75) is 25.1 Å². The van der Waals surface area contributed by atoms with Gasteiger partial charge in [-0.1, -0.05) is 11.6 Å². The average molecular weight is 329 g/mol. The SMILES string of the molecule is Fc1cc(F)c(NC2CCN(CC(F)(F)F)CC2)c(Cl)c1. The first-order chi connectivity index (χ1) is 9.74. The predicted molar refractivity (Wildman–Crippen MR) is 70.5 cm³/mol. The van der Waals surface area contributed by atoms with Gasteiger partial charge in [0.2, 0.25) is 0 Å². The third-order valence-corrected chi connectivity index (χ3v) is 3.64. The summed E-state index contributed by atoms with van der Waals surface area (Å²) < 4.78 is 63.4. The zero-order valence-corrected chi connectivity index (χ0v) is 11.7. The molecule has 1 aliphatic rings. The van der Waals surface area contributed by atoms with Gasteiger partial charge in [-0.2, -0.15) is 13.2 Å². The number of anilines is 1. The van der Waals surface area contributed by atoms with Crippen molar-refractivity contribution in [2.75, 3.05) is 25.0 Å². The molecule has 0 atom stereocenters. The van der Waals surface area contributed by atoms with Gasteiger partial charge in [0, 0.05) is 25.2 Å². The van der Waals surface area contributed by atoms with Gasteiger partial charge in [-0.3, -0.25) is 4.90 Å². The van der Waals surface area contributed by atoms with Crippen LogP contribution in [0.4, 0.5) is 27.6 Å². The fourth-order valence-corrected chi connectivity index (χ4v) is 2.62. The normalized spacial score (nSPS) is 18.0. The Balaban J connectivity index is 1.92. The highest BCUT2D eigenvalue weighted by atomic mass is 35.5. The number of halogens is 6. The summed E-state index contributed by atoms with van der Waals surface area (Å²) >= 11 is 5.77. The van der Waals surface area contributed by atoms with Crippen LogP contribution in [-0.4, -0.2) is 36.8 Å². The Hall–Kier alpha value is -1.08. The number of piperidine rings is 1. The minimum absolute atomic E-state index is 0.00709. The largest absolute Gasteiger partial charge is 0.401 e. The van der Waals surface area contributed by atoms with Gasteiger partial charge >= 0.3 is 6.18 Å². The maximum Gasteiger partial charge on any atom is 0.401 e. The Morgan fingerprint density at radius 2 is 1.81 bits per heavy atom. The van der Waals surface area contributed by atoms with E-state index in [-0.39, 0.29) is 29.8 Å². The van der Waals surface area contributed by atoms with Gasteiger partial charge < -0.3 is 5.32 Å². The second kappa shape index (κ2) is 6.36. The van der Waals surface area contributed by atoms with Gasteiger partial charge in [0.15, 0.2) is 5.82 Å². The quantitative estimate of drug-likeness (QED) is 0.842. The van der Waals surface area contributed by atoms with Crippen LogP contribution in [0.25, 0.3) is 0 Å². The number of nitrogens with one attached hydrogen (secondary N) is 1. The molecule has 21 heavy (non-hydrogen) atoms. The van der Waals surface area contributed by atoms with E-state index in [2.05, 4.69) is 5.32 Å². The minimum Gasteiger partial charge on any atom is -0.379 e. The summed E-state index contributed by atoms with van der Waals surface area (Å²) in [6.45, 7) is -0.416. The number of alkyl halides is 3. The number of hydrogen-bond donors (Lipinski definition) is 1. The van der Waals surface area contributed by atoms with Crippen LogP contribution in [-0.2, 0) is 0 Å². The van der Waals surface area contributed by atoms with Crippen LogP contribution in [0.2, 0.25) is 5.02 Å². The fraction of sp³-hybridized carbons (Fsp3) is 0.538. The van der Waals surface area contributed by atoms with Crippen molar-refractivity contribution >= 4 is 17.3 Å². The summed E-state index contributed by atoms with van der Waals surface area (Å²) in [7, 11) is 0. The summed E-state index contributed by atoms with van der Waals surface area (Å²) in [5.41, 5.74) is -0.00709. The molecule has 0 radical (unpaired) electrons. The van der Waals surface area contributed by atoms with Crippen LogP contribution in [0, 0.1) is 11.6 Å². The molecule has 0 aromatic heterocycles. The molecule has 2 nitrogen and oxygen atoms in total. The molecule has 1 saturated heterocycles. The molecule has 1 aliphatic heterocycles. The molecule has 0 saturated carbocycles. The summed E-state index contributed by atoms with van der Waals surface area (Å²) in [6, 6.07) is 1.52. The first kappa shape index (κ1) is 16.3. The Morgan fingerprint density at radius 3 is 2.33 bits per heavy atom. The van der Waals surface area contributed by atoms with Gasteiger partial charge in [-0.25, -0.2) is 8.78 Å². The summed E-state index contributed by atoms with van der Waals surface area (Å²) in [6.07, 6.45) is -3.35. The Bertz CT molecular complexity index is 475. The predicted octanol–water partition coefficient (Wildman–Crippen LogP) is 4.06. The van der Waals surface area contributed by atoms with Crippen molar-refractivity contribution in [3.05, 3.63) is 28.8 Å². The van der Waals surface area contributed by atoms with E-state index in [0.717, 1.165) is 6.07 Å². The van der Waals surface area contributed by atoms with Gasteiger partial charge in [-0.15, -0.1) is 0 Å². The molecule has 1 N–H and O–H groups in total. The molecule has 0 spiro atoms. The highest BCUT2D eigenvalue weighted by molar-refractivity contribution is 6.33. The molecule has 1 heterocycles. The third-order valence-electron chi connectivity index (χ3n) is 3.35. The maximum absolute atomic E-state index is 13.6. The van der Waals surface area contributed by atoms with Crippen molar-refractivity contribution in [3.8, 4) is 0 Å². The topological polar surface area (TPSA) is 15.3 Å². The van der Waals surface area contributed by atoms with E-state index >= 15 is 0 Å². The van der Waals surface area contributed by atoms with Crippen LogP contribution in [0.5, 0.6) is 0 Å². The summed E-state index contributed by atoms with van der Waals surface area (Å²) in [4.78, 5) is 1.31. The van der Waals surface area contributed by atoms with E-state index < -0.39 is 24.4 Å². The molecule has 0 amide bonds. The van der Waals surface area contributed by atoms with Crippen LogP contribution >= 0.6 is 11.6 Å². The smallest absolute Gasteiger partial charge is 0.379 e. The molecule has 1 fully saturated rings. The number of benzene rings is 1. The molecular weight excluding hydrogens is 315 g/mol. The zero-order valence-electron chi connectivity index (χ0n) is 11.0. The van der Waals surface area contributed by atoms with Gasteiger partial charge in [-0.05, 0) is 18.9 Å². The fourth-order valence-electron chi connectivity index (χ4n) is 2.37. The molecule has 8 heteroatoms. The monoisotopic (exact) mass is 328 g/mol. The number of nitrogens with zero attached hydrogens (tertiary/aromatic N) is 1. The highest BCUT2D eigenvalue weighted by Crippen LogP contribution is 2.29. The molecular formula is C13H14ClF5N2. The van der Waals surface area contributed by atoms with Crippen LogP contribution in [0.1, 0.15) is 12.8 Å². The first-order valence-electron chi connectivity index (χ1n) is 6.45. The zero-order chi connectivity index (χ0) is 15.6. The second-order valence-electron chi connectivity index (χ2n) is 5.05. The molecule has 0 aliphatic carbocycles.